The van der Waals surface area contributed by atoms with E-state index in [9.17, 15) is 9.90 Å². The number of carboxylic acid groups (broad SMARTS) is 1. The second kappa shape index (κ2) is 9.84. The molecule has 0 saturated heterocycles. The van der Waals surface area contributed by atoms with Crippen molar-refractivity contribution in [3.63, 3.8) is 0 Å². The first-order valence-electron chi connectivity index (χ1n) is 2.53. The van der Waals surface area contributed by atoms with Gasteiger partial charge in [-0.25, -0.2) is 0 Å². The van der Waals surface area contributed by atoms with Gasteiger partial charge in [-0.05, 0) is 23.7 Å². The number of hydrogen-bond acceptors (Lipinski definition) is 2. The molecule has 2 nitrogen and oxygen atoms in total. The predicted octanol–water partition coefficient (Wildman–Crippen LogP) is -2.65. The summed E-state index contributed by atoms with van der Waals surface area (Å²) in [6, 6.07) is 0. The van der Waals surface area contributed by atoms with Crippen molar-refractivity contribution in [2.75, 3.05) is 4.43 Å². The van der Waals surface area contributed by atoms with Gasteiger partial charge in [0.1, 0.15) is 0 Å². The van der Waals surface area contributed by atoms with E-state index in [1.807, 2.05) is 0 Å². The zero-order valence-electron chi connectivity index (χ0n) is 5.52. The average Bonchev–Trinajstić information content (AvgIpc) is 1.66. The molecule has 0 atom stereocenters. The third kappa shape index (κ3) is 12.9. The molecule has 0 aromatic carbocycles. The molecule has 0 aliphatic heterocycles. The summed E-state index contributed by atoms with van der Waals surface area (Å²) >= 11 is 2.22. The number of carbonyl (C=O) groups excluding carboxylic acids is 1. The van der Waals surface area contributed by atoms with Crippen molar-refractivity contribution in [1.29, 1.82) is 0 Å². The van der Waals surface area contributed by atoms with Crippen molar-refractivity contribution in [3.05, 3.63) is 0 Å². The van der Waals surface area contributed by atoms with Crippen molar-refractivity contribution >= 4 is 28.6 Å². The van der Waals surface area contributed by atoms with E-state index < -0.39 is 5.97 Å². The van der Waals surface area contributed by atoms with Gasteiger partial charge in [-0.3, -0.25) is 0 Å². The van der Waals surface area contributed by atoms with Gasteiger partial charge in [0.05, 0.1) is 0 Å². The Morgan fingerprint density at radius 1 is 1.44 bits per heavy atom. The SMILES string of the molecule is O=C([O-])CCCCI.[K+]. The van der Waals surface area contributed by atoms with Crippen LogP contribution in [0.25, 0.3) is 0 Å². The molecule has 0 heterocycles. The van der Waals surface area contributed by atoms with Crippen LogP contribution in [0.4, 0.5) is 0 Å². The molecular formula is C5H8IKO2. The van der Waals surface area contributed by atoms with E-state index in [2.05, 4.69) is 22.6 Å². The second-order valence-electron chi connectivity index (χ2n) is 1.52. The predicted molar refractivity (Wildman–Crippen MR) is 37.7 cm³/mol. The Kier molecular flexibility index (Phi) is 14.7. The Morgan fingerprint density at radius 2 is 2.00 bits per heavy atom. The summed E-state index contributed by atoms with van der Waals surface area (Å²) in [6.45, 7) is 0. The molecule has 4 heteroatoms. The first-order valence-corrected chi connectivity index (χ1v) is 4.05. The largest absolute Gasteiger partial charge is 1.00 e. The molecule has 0 saturated carbocycles. The first-order chi connectivity index (χ1) is 3.77. The summed E-state index contributed by atoms with van der Waals surface area (Å²) in [5.41, 5.74) is 0. The van der Waals surface area contributed by atoms with Crippen LogP contribution in [0.2, 0.25) is 0 Å². The molecule has 0 amide bonds. The molecule has 9 heavy (non-hydrogen) atoms. The molecule has 0 radical (unpaired) electrons. The quantitative estimate of drug-likeness (QED) is 0.241. The van der Waals surface area contributed by atoms with Crippen molar-refractivity contribution in [1.82, 2.24) is 0 Å². The number of carboxylic acids is 1. The van der Waals surface area contributed by atoms with Gasteiger partial charge in [0.2, 0.25) is 0 Å². The molecular weight excluding hydrogens is 258 g/mol. The second-order valence-corrected chi connectivity index (χ2v) is 2.60. The van der Waals surface area contributed by atoms with Crippen LogP contribution in [0.3, 0.4) is 0 Å². The minimum atomic E-state index is -0.935. The van der Waals surface area contributed by atoms with Gasteiger partial charge in [-0.2, -0.15) is 0 Å². The average molecular weight is 266 g/mol. The number of aliphatic carboxylic acids is 1. The van der Waals surface area contributed by atoms with E-state index in [1.165, 1.54) is 0 Å². The molecule has 0 aromatic heterocycles. The van der Waals surface area contributed by atoms with Crippen LogP contribution >= 0.6 is 22.6 Å². The van der Waals surface area contributed by atoms with Crippen LogP contribution in [-0.4, -0.2) is 10.4 Å². The van der Waals surface area contributed by atoms with Gasteiger partial charge in [0.15, 0.2) is 0 Å². The molecule has 0 spiro atoms. The Bertz CT molecular complexity index is 77.4. The zero-order valence-corrected chi connectivity index (χ0v) is 10.8. The third-order valence-electron chi connectivity index (χ3n) is 0.765. The fourth-order valence-electron chi connectivity index (χ4n) is 0.364. The Balaban J connectivity index is 0. The topological polar surface area (TPSA) is 40.1 Å². The monoisotopic (exact) mass is 266 g/mol. The van der Waals surface area contributed by atoms with Crippen LogP contribution in [-0.2, 0) is 4.79 Å². The Labute approximate surface area is 111 Å². The van der Waals surface area contributed by atoms with Crippen LogP contribution in [0, 0.1) is 0 Å². The number of alkyl halides is 1. The van der Waals surface area contributed by atoms with Crippen molar-refractivity contribution < 1.29 is 61.3 Å². The summed E-state index contributed by atoms with van der Waals surface area (Å²) in [7, 11) is 0. The summed E-state index contributed by atoms with van der Waals surface area (Å²) in [5.74, 6) is -0.935. The normalized spacial score (nSPS) is 8.11. The summed E-state index contributed by atoms with van der Waals surface area (Å²) in [5, 5.41) is 9.76. The minimum absolute atomic E-state index is 0. The van der Waals surface area contributed by atoms with E-state index in [-0.39, 0.29) is 57.8 Å². The zero-order chi connectivity index (χ0) is 6.41. The fourth-order valence-corrected chi connectivity index (χ4v) is 0.903. The van der Waals surface area contributed by atoms with Crippen molar-refractivity contribution in [2.24, 2.45) is 0 Å². The number of halogens is 1. The molecule has 48 valence electrons. The number of hydrogen-bond donors (Lipinski definition) is 0. The van der Waals surface area contributed by atoms with E-state index >= 15 is 0 Å². The molecule has 0 aliphatic carbocycles. The van der Waals surface area contributed by atoms with E-state index in [4.69, 9.17) is 0 Å². The third-order valence-corrected chi connectivity index (χ3v) is 1.53. The van der Waals surface area contributed by atoms with Gasteiger partial charge in [0.25, 0.3) is 0 Å². The maximum Gasteiger partial charge on any atom is 1.00 e. The summed E-state index contributed by atoms with van der Waals surface area (Å²) in [6.07, 6.45) is 1.95. The standard InChI is InChI=1S/C5H9IO2.K/c6-4-2-1-3-5(7)8;/h1-4H2,(H,7,8);/q;+1/p-1. The Hall–Kier alpha value is 1.84. The van der Waals surface area contributed by atoms with Crippen LogP contribution in [0.1, 0.15) is 19.3 Å². The van der Waals surface area contributed by atoms with Crippen LogP contribution < -0.4 is 56.5 Å². The minimum Gasteiger partial charge on any atom is -0.550 e. The van der Waals surface area contributed by atoms with Gasteiger partial charge in [-0.15, -0.1) is 0 Å². The molecule has 0 bridgehead atoms. The fraction of sp³-hybridized carbons (Fsp3) is 0.800. The summed E-state index contributed by atoms with van der Waals surface area (Å²) < 4.78 is 1.03. The van der Waals surface area contributed by atoms with Gasteiger partial charge in [0, 0.05) is 5.97 Å². The van der Waals surface area contributed by atoms with Crippen LogP contribution in [0.15, 0.2) is 0 Å². The van der Waals surface area contributed by atoms with Crippen LogP contribution in [0.5, 0.6) is 0 Å². The molecule has 0 unspecified atom stereocenters. The maximum atomic E-state index is 9.76. The molecule has 0 rings (SSSR count). The summed E-state index contributed by atoms with van der Waals surface area (Å²) in [4.78, 5) is 9.76. The van der Waals surface area contributed by atoms with Crippen molar-refractivity contribution in [3.8, 4) is 0 Å². The maximum absolute atomic E-state index is 9.76. The Morgan fingerprint density at radius 3 is 2.33 bits per heavy atom. The van der Waals surface area contributed by atoms with Gasteiger partial charge < -0.3 is 9.90 Å². The molecule has 0 aromatic rings. The molecule has 0 N–H and O–H groups in total. The van der Waals surface area contributed by atoms with E-state index in [1.54, 1.807) is 0 Å². The number of unbranched alkanes of at least 4 members (excludes halogenated alkanes) is 1. The number of carbonyl (C=O) groups is 1. The first kappa shape index (κ1) is 13.4. The van der Waals surface area contributed by atoms with Gasteiger partial charge >= 0.3 is 51.4 Å². The smallest absolute Gasteiger partial charge is 0.550 e. The number of rotatable bonds is 4. The van der Waals surface area contributed by atoms with E-state index in [0.29, 0.717) is 0 Å². The van der Waals surface area contributed by atoms with Crippen molar-refractivity contribution in [2.45, 2.75) is 19.3 Å². The molecule has 0 aliphatic rings. The molecule has 0 fully saturated rings. The van der Waals surface area contributed by atoms with E-state index in [0.717, 1.165) is 17.3 Å². The van der Waals surface area contributed by atoms with Gasteiger partial charge in [-0.1, -0.05) is 22.6 Å².